The average molecular weight is 247 g/mol. The first-order valence-corrected chi connectivity index (χ1v) is 6.26. The van der Waals surface area contributed by atoms with E-state index in [2.05, 4.69) is 4.83 Å². The van der Waals surface area contributed by atoms with E-state index in [1.165, 1.54) is 5.01 Å². The molecule has 0 unspecified atom stereocenters. The minimum absolute atomic E-state index is 0.132. The van der Waals surface area contributed by atoms with Gasteiger partial charge in [0.1, 0.15) is 16.4 Å². The Morgan fingerprint density at radius 2 is 1.88 bits per heavy atom. The number of hydrogen-bond donors (Lipinski definition) is 2. The van der Waals surface area contributed by atoms with Crippen molar-refractivity contribution in [3.05, 3.63) is 17.1 Å². The molecule has 92 valence electrons. The van der Waals surface area contributed by atoms with E-state index >= 15 is 0 Å². The van der Waals surface area contributed by atoms with Gasteiger partial charge in [-0.25, -0.2) is 13.4 Å². The van der Waals surface area contributed by atoms with Crippen LogP contribution in [0.4, 0.5) is 0 Å². The molecule has 7 heteroatoms. The zero-order chi connectivity index (χ0) is 12.5. The highest BCUT2D eigenvalue weighted by Gasteiger charge is 2.26. The average Bonchev–Trinajstić information content (AvgIpc) is 2.38. The van der Waals surface area contributed by atoms with E-state index < -0.39 is 10.0 Å². The van der Waals surface area contributed by atoms with Gasteiger partial charge in [0.25, 0.3) is 10.0 Å². The van der Waals surface area contributed by atoms with Crippen LogP contribution in [0.15, 0.2) is 9.31 Å². The Labute approximate surface area is 95.4 Å². The monoisotopic (exact) mass is 247 g/mol. The van der Waals surface area contributed by atoms with E-state index in [4.69, 9.17) is 10.2 Å². The molecule has 1 rings (SSSR count). The Kier molecular flexibility index (Phi) is 3.74. The van der Waals surface area contributed by atoms with Gasteiger partial charge in [-0.1, -0.05) is 0 Å². The van der Waals surface area contributed by atoms with Crippen molar-refractivity contribution in [2.45, 2.75) is 25.3 Å². The molecule has 3 N–H and O–H groups in total. The second-order valence-electron chi connectivity index (χ2n) is 3.72. The maximum atomic E-state index is 12.0. The fourth-order valence-electron chi connectivity index (χ4n) is 1.58. The first-order valence-electron chi connectivity index (χ1n) is 4.78. The molecular weight excluding hydrogens is 230 g/mol. The summed E-state index contributed by atoms with van der Waals surface area (Å²) in [5.41, 5.74) is 6.05. The van der Waals surface area contributed by atoms with E-state index in [-0.39, 0.29) is 11.4 Å². The molecule has 0 aliphatic rings. The fourth-order valence-corrected chi connectivity index (χ4v) is 3.13. The summed E-state index contributed by atoms with van der Waals surface area (Å²) >= 11 is 0. The van der Waals surface area contributed by atoms with Gasteiger partial charge in [-0.05, 0) is 13.8 Å². The summed E-state index contributed by atoms with van der Waals surface area (Å²) < 4.78 is 29.3. The number of nitrogens with one attached hydrogen (secondary N) is 1. The summed E-state index contributed by atoms with van der Waals surface area (Å²) in [6, 6.07) is 0. The van der Waals surface area contributed by atoms with Crippen molar-refractivity contribution in [2.24, 2.45) is 5.73 Å². The molecule has 0 aliphatic carbocycles. The number of hydrogen-bond acceptors (Lipinski definition) is 5. The van der Waals surface area contributed by atoms with Crippen molar-refractivity contribution in [3.63, 3.8) is 0 Å². The lowest BCUT2D eigenvalue weighted by atomic mass is 10.2. The summed E-state index contributed by atoms with van der Waals surface area (Å²) in [6.07, 6.45) is 0. The minimum atomic E-state index is -3.61. The van der Waals surface area contributed by atoms with Gasteiger partial charge in [0.15, 0.2) is 0 Å². The lowest BCUT2D eigenvalue weighted by Gasteiger charge is -2.12. The minimum Gasteiger partial charge on any atom is -0.465 e. The van der Waals surface area contributed by atoms with Crippen LogP contribution in [-0.2, 0) is 16.6 Å². The molecule has 0 aromatic carbocycles. The fraction of sp³-hybridized carbons (Fsp3) is 0.556. The number of nitrogens with zero attached hydrogens (tertiary/aromatic N) is 1. The number of furan rings is 1. The zero-order valence-electron chi connectivity index (χ0n) is 9.86. The normalized spacial score (nSPS) is 12.4. The van der Waals surface area contributed by atoms with Gasteiger partial charge < -0.3 is 10.2 Å². The van der Waals surface area contributed by atoms with Crippen LogP contribution in [0, 0.1) is 13.8 Å². The van der Waals surface area contributed by atoms with Crippen molar-refractivity contribution in [2.75, 3.05) is 14.1 Å². The Morgan fingerprint density at radius 1 is 1.31 bits per heavy atom. The molecule has 1 aromatic heterocycles. The third kappa shape index (κ3) is 2.43. The lowest BCUT2D eigenvalue weighted by molar-refractivity contribution is 0.363. The van der Waals surface area contributed by atoms with Crippen LogP contribution in [-0.4, -0.2) is 27.5 Å². The van der Waals surface area contributed by atoms with E-state index in [0.717, 1.165) is 0 Å². The van der Waals surface area contributed by atoms with Gasteiger partial charge in [-0.3, -0.25) is 0 Å². The van der Waals surface area contributed by atoms with Gasteiger partial charge in [-0.2, -0.15) is 0 Å². The van der Waals surface area contributed by atoms with Crippen LogP contribution >= 0.6 is 0 Å². The van der Waals surface area contributed by atoms with Crippen LogP contribution in [0.5, 0.6) is 0 Å². The maximum absolute atomic E-state index is 12.0. The molecule has 1 aromatic rings. The second kappa shape index (κ2) is 4.54. The van der Waals surface area contributed by atoms with Crippen LogP contribution < -0.4 is 10.6 Å². The molecular formula is C9H17N3O3S. The van der Waals surface area contributed by atoms with E-state index in [0.29, 0.717) is 17.1 Å². The number of aryl methyl sites for hydroxylation is 2. The van der Waals surface area contributed by atoms with Gasteiger partial charge in [0, 0.05) is 26.2 Å². The third-order valence-electron chi connectivity index (χ3n) is 2.10. The molecule has 0 bridgehead atoms. The third-order valence-corrected chi connectivity index (χ3v) is 3.78. The molecule has 0 saturated heterocycles. The summed E-state index contributed by atoms with van der Waals surface area (Å²) in [7, 11) is -0.412. The van der Waals surface area contributed by atoms with E-state index in [1.54, 1.807) is 27.9 Å². The predicted octanol–water partition coefficient (Wildman–Crippen LogP) is 0.110. The van der Waals surface area contributed by atoms with Crippen molar-refractivity contribution in [1.29, 1.82) is 0 Å². The van der Waals surface area contributed by atoms with Crippen LogP contribution in [0.2, 0.25) is 0 Å². The summed E-state index contributed by atoms with van der Waals surface area (Å²) in [5, 5.41) is 1.36. The van der Waals surface area contributed by atoms with Crippen LogP contribution in [0.3, 0.4) is 0 Å². The summed E-state index contributed by atoms with van der Waals surface area (Å²) in [6.45, 7) is 3.44. The highest BCUT2D eigenvalue weighted by Crippen LogP contribution is 2.25. The van der Waals surface area contributed by atoms with Gasteiger partial charge in [-0.15, -0.1) is 4.83 Å². The summed E-state index contributed by atoms with van der Waals surface area (Å²) in [5.74, 6) is 0.895. The molecule has 0 radical (unpaired) electrons. The molecule has 1 heterocycles. The SMILES string of the molecule is Cc1oc(C)c(S(=O)(=O)NN(C)C)c1CN. The molecule has 0 saturated carbocycles. The number of sulfonamides is 1. The zero-order valence-corrected chi connectivity index (χ0v) is 10.7. The second-order valence-corrected chi connectivity index (χ2v) is 5.31. The Morgan fingerprint density at radius 3 is 2.31 bits per heavy atom. The number of hydrazine groups is 1. The molecule has 0 atom stereocenters. The largest absolute Gasteiger partial charge is 0.465 e. The first kappa shape index (κ1) is 13.2. The Balaban J connectivity index is 3.32. The van der Waals surface area contributed by atoms with Crippen molar-refractivity contribution in [3.8, 4) is 0 Å². The number of rotatable bonds is 4. The van der Waals surface area contributed by atoms with Gasteiger partial charge >= 0.3 is 0 Å². The predicted molar refractivity (Wildman–Crippen MR) is 60.1 cm³/mol. The quantitative estimate of drug-likeness (QED) is 0.737. The lowest BCUT2D eigenvalue weighted by Crippen LogP contribution is -2.36. The van der Waals surface area contributed by atoms with Gasteiger partial charge in [0.05, 0.1) is 0 Å². The summed E-state index contributed by atoms with van der Waals surface area (Å²) in [4.78, 5) is 2.49. The highest BCUT2D eigenvalue weighted by atomic mass is 32.2. The van der Waals surface area contributed by atoms with Crippen molar-refractivity contribution < 1.29 is 12.8 Å². The standard InChI is InChI=1S/C9H17N3O3S/c1-6-8(5-10)9(7(2)15-6)16(13,14)11-12(3)4/h11H,5,10H2,1-4H3. The Bertz CT molecular complexity index is 476. The molecule has 0 aliphatic heterocycles. The highest BCUT2D eigenvalue weighted by molar-refractivity contribution is 7.89. The molecule has 6 nitrogen and oxygen atoms in total. The Hall–Kier alpha value is -0.890. The maximum Gasteiger partial charge on any atom is 0.257 e. The smallest absolute Gasteiger partial charge is 0.257 e. The van der Waals surface area contributed by atoms with Crippen LogP contribution in [0.25, 0.3) is 0 Å². The van der Waals surface area contributed by atoms with E-state index in [9.17, 15) is 8.42 Å². The van der Waals surface area contributed by atoms with Gasteiger partial charge in [0.2, 0.25) is 0 Å². The molecule has 16 heavy (non-hydrogen) atoms. The van der Waals surface area contributed by atoms with E-state index in [1.807, 2.05) is 0 Å². The van der Waals surface area contributed by atoms with Crippen LogP contribution in [0.1, 0.15) is 17.1 Å². The topological polar surface area (TPSA) is 88.6 Å². The molecule has 0 fully saturated rings. The molecule has 0 amide bonds. The van der Waals surface area contributed by atoms with Crippen molar-refractivity contribution >= 4 is 10.0 Å². The number of nitrogens with two attached hydrogens (primary N) is 1. The first-order chi connectivity index (χ1) is 7.29. The van der Waals surface area contributed by atoms with Crippen molar-refractivity contribution in [1.82, 2.24) is 9.84 Å². The molecule has 0 spiro atoms.